The van der Waals surface area contributed by atoms with E-state index in [4.69, 9.17) is 4.74 Å². The van der Waals surface area contributed by atoms with Crippen LogP contribution in [-0.4, -0.2) is 23.5 Å². The Bertz CT molecular complexity index is 957. The van der Waals surface area contributed by atoms with Gasteiger partial charge in [-0.05, 0) is 50.6 Å². The van der Waals surface area contributed by atoms with Gasteiger partial charge in [-0.3, -0.25) is 4.79 Å². The van der Waals surface area contributed by atoms with Crippen molar-refractivity contribution in [1.82, 2.24) is 4.98 Å². The van der Waals surface area contributed by atoms with E-state index in [0.717, 1.165) is 22.0 Å². The summed E-state index contributed by atoms with van der Waals surface area (Å²) in [6.45, 7) is 5.95. The van der Waals surface area contributed by atoms with Crippen LogP contribution in [0.4, 0.5) is 5.69 Å². The fourth-order valence-corrected chi connectivity index (χ4v) is 2.83. The van der Waals surface area contributed by atoms with Crippen molar-refractivity contribution in [1.29, 1.82) is 0 Å². The number of aromatic amines is 1. The Morgan fingerprint density at radius 2 is 1.88 bits per heavy atom. The van der Waals surface area contributed by atoms with Crippen LogP contribution in [-0.2, 0) is 4.74 Å². The van der Waals surface area contributed by atoms with Crippen LogP contribution in [0.25, 0.3) is 10.9 Å². The largest absolute Gasteiger partial charge is 0.462 e. The molecule has 0 unspecified atom stereocenters. The molecule has 0 radical (unpaired) electrons. The Morgan fingerprint density at radius 1 is 1.12 bits per heavy atom. The average molecular weight is 336 g/mol. The van der Waals surface area contributed by atoms with Gasteiger partial charge in [0.25, 0.3) is 5.91 Å². The molecule has 5 nitrogen and oxygen atoms in total. The lowest BCUT2D eigenvalue weighted by molar-refractivity contribution is 0.0527. The number of fused-ring (bicyclic) bond motifs is 1. The molecule has 128 valence electrons. The lowest BCUT2D eigenvalue weighted by atomic mass is 10.1. The first kappa shape index (κ1) is 16.8. The van der Waals surface area contributed by atoms with Crippen molar-refractivity contribution in [2.45, 2.75) is 20.8 Å². The second kappa shape index (κ2) is 6.81. The Morgan fingerprint density at radius 3 is 2.64 bits per heavy atom. The van der Waals surface area contributed by atoms with Gasteiger partial charge in [0.05, 0.1) is 17.9 Å². The van der Waals surface area contributed by atoms with Crippen molar-refractivity contribution in [3.63, 3.8) is 0 Å². The number of H-pyrrole nitrogens is 1. The fourth-order valence-electron chi connectivity index (χ4n) is 2.83. The number of hydrogen-bond donors (Lipinski definition) is 2. The highest BCUT2D eigenvalue weighted by Crippen LogP contribution is 2.24. The predicted octanol–water partition coefficient (Wildman–Crippen LogP) is 4.21. The smallest absolute Gasteiger partial charge is 0.340 e. The molecule has 0 atom stereocenters. The molecular formula is C20H20N2O3. The van der Waals surface area contributed by atoms with Gasteiger partial charge in [-0.1, -0.05) is 23.8 Å². The molecule has 3 rings (SSSR count). The molecular weight excluding hydrogens is 316 g/mol. The van der Waals surface area contributed by atoms with Gasteiger partial charge in [-0.2, -0.15) is 0 Å². The number of rotatable bonds is 4. The number of carbonyl (C=O) groups excluding carboxylic acids is 2. The minimum atomic E-state index is -0.456. The molecule has 2 aromatic carbocycles. The minimum Gasteiger partial charge on any atom is -0.462 e. The molecule has 0 bridgehead atoms. The molecule has 1 aromatic heterocycles. The van der Waals surface area contributed by atoms with Crippen LogP contribution in [0, 0.1) is 13.8 Å². The first-order valence-electron chi connectivity index (χ1n) is 8.17. The highest BCUT2D eigenvalue weighted by atomic mass is 16.5. The van der Waals surface area contributed by atoms with Crippen LogP contribution < -0.4 is 5.32 Å². The van der Waals surface area contributed by atoms with Crippen LogP contribution in [0.1, 0.15) is 38.9 Å². The quantitative estimate of drug-likeness (QED) is 0.701. The van der Waals surface area contributed by atoms with Gasteiger partial charge in [0, 0.05) is 10.9 Å². The summed E-state index contributed by atoms with van der Waals surface area (Å²) >= 11 is 0. The Balaban J connectivity index is 1.93. The zero-order chi connectivity index (χ0) is 18.0. The third kappa shape index (κ3) is 3.26. The molecule has 25 heavy (non-hydrogen) atoms. The Labute approximate surface area is 146 Å². The van der Waals surface area contributed by atoms with Gasteiger partial charge < -0.3 is 15.0 Å². The number of amides is 1. The van der Waals surface area contributed by atoms with Gasteiger partial charge in [0.15, 0.2) is 0 Å². The average Bonchev–Trinajstić information content (AvgIpc) is 2.92. The zero-order valence-electron chi connectivity index (χ0n) is 14.5. The zero-order valence-corrected chi connectivity index (χ0v) is 14.5. The molecule has 1 amide bonds. The standard InChI is InChI=1S/C20H20N2O3/c1-4-25-20(24)14-7-5-6-8-16(14)22-19(23)18-13(3)15-11-12(2)9-10-17(15)21-18/h5-11,21H,4H2,1-3H3,(H,22,23). The molecule has 0 saturated heterocycles. The summed E-state index contributed by atoms with van der Waals surface area (Å²) in [7, 11) is 0. The van der Waals surface area contributed by atoms with E-state index in [1.54, 1.807) is 31.2 Å². The molecule has 0 saturated carbocycles. The van der Waals surface area contributed by atoms with Gasteiger partial charge in [-0.25, -0.2) is 4.79 Å². The lowest BCUT2D eigenvalue weighted by Gasteiger charge is -2.10. The molecule has 3 aromatic rings. The predicted molar refractivity (Wildman–Crippen MR) is 98.1 cm³/mol. The number of para-hydroxylation sites is 1. The third-order valence-electron chi connectivity index (χ3n) is 4.11. The minimum absolute atomic E-state index is 0.279. The number of benzene rings is 2. The maximum Gasteiger partial charge on any atom is 0.340 e. The van der Waals surface area contributed by atoms with E-state index in [0.29, 0.717) is 16.9 Å². The second-order valence-electron chi connectivity index (χ2n) is 5.89. The number of anilines is 1. The van der Waals surface area contributed by atoms with E-state index in [1.165, 1.54) is 0 Å². The van der Waals surface area contributed by atoms with E-state index in [-0.39, 0.29) is 12.5 Å². The summed E-state index contributed by atoms with van der Waals surface area (Å²) in [4.78, 5) is 27.9. The number of aromatic nitrogens is 1. The van der Waals surface area contributed by atoms with E-state index < -0.39 is 5.97 Å². The van der Waals surface area contributed by atoms with Crippen LogP contribution in [0.2, 0.25) is 0 Å². The van der Waals surface area contributed by atoms with Gasteiger partial charge in [0.2, 0.25) is 0 Å². The maximum atomic E-state index is 12.7. The van der Waals surface area contributed by atoms with Crippen molar-refractivity contribution in [2.75, 3.05) is 11.9 Å². The number of hydrogen-bond acceptors (Lipinski definition) is 3. The van der Waals surface area contributed by atoms with E-state index >= 15 is 0 Å². The number of esters is 1. The van der Waals surface area contributed by atoms with E-state index in [2.05, 4.69) is 10.3 Å². The summed E-state index contributed by atoms with van der Waals surface area (Å²) in [5.41, 5.74) is 4.17. The highest BCUT2D eigenvalue weighted by molar-refractivity contribution is 6.10. The van der Waals surface area contributed by atoms with Crippen LogP contribution in [0.3, 0.4) is 0 Å². The fraction of sp³-hybridized carbons (Fsp3) is 0.200. The van der Waals surface area contributed by atoms with Crippen LogP contribution >= 0.6 is 0 Å². The Kier molecular flexibility index (Phi) is 4.57. The summed E-state index contributed by atoms with van der Waals surface area (Å²) < 4.78 is 5.04. The summed E-state index contributed by atoms with van der Waals surface area (Å²) in [6.07, 6.45) is 0. The molecule has 2 N–H and O–H groups in total. The number of aryl methyl sites for hydroxylation is 2. The second-order valence-corrected chi connectivity index (χ2v) is 5.89. The van der Waals surface area contributed by atoms with Crippen molar-refractivity contribution in [2.24, 2.45) is 0 Å². The first-order chi connectivity index (χ1) is 12.0. The molecule has 5 heteroatoms. The van der Waals surface area contributed by atoms with E-state index in [9.17, 15) is 9.59 Å². The monoisotopic (exact) mass is 336 g/mol. The summed E-state index contributed by atoms with van der Waals surface area (Å²) in [5.74, 6) is -0.745. The molecule has 0 aliphatic heterocycles. The van der Waals surface area contributed by atoms with Crippen molar-refractivity contribution in [3.8, 4) is 0 Å². The van der Waals surface area contributed by atoms with Gasteiger partial charge in [0.1, 0.15) is 5.69 Å². The third-order valence-corrected chi connectivity index (χ3v) is 4.11. The highest BCUT2D eigenvalue weighted by Gasteiger charge is 2.18. The number of ether oxygens (including phenoxy) is 1. The first-order valence-corrected chi connectivity index (χ1v) is 8.17. The van der Waals surface area contributed by atoms with Crippen molar-refractivity contribution < 1.29 is 14.3 Å². The van der Waals surface area contributed by atoms with Crippen LogP contribution in [0.5, 0.6) is 0 Å². The van der Waals surface area contributed by atoms with Crippen molar-refractivity contribution >= 4 is 28.5 Å². The number of carbonyl (C=O) groups is 2. The van der Waals surface area contributed by atoms with Gasteiger partial charge in [-0.15, -0.1) is 0 Å². The topological polar surface area (TPSA) is 71.2 Å². The molecule has 0 spiro atoms. The van der Waals surface area contributed by atoms with Gasteiger partial charge >= 0.3 is 5.97 Å². The van der Waals surface area contributed by atoms with E-state index in [1.807, 2.05) is 32.0 Å². The molecule has 0 aliphatic carbocycles. The summed E-state index contributed by atoms with van der Waals surface area (Å²) in [5, 5.41) is 3.83. The molecule has 0 fully saturated rings. The maximum absolute atomic E-state index is 12.7. The summed E-state index contributed by atoms with van der Waals surface area (Å²) in [6, 6.07) is 12.8. The van der Waals surface area contributed by atoms with Crippen LogP contribution in [0.15, 0.2) is 42.5 Å². The number of nitrogens with one attached hydrogen (secondary N) is 2. The normalized spacial score (nSPS) is 10.7. The molecule has 1 heterocycles. The molecule has 0 aliphatic rings. The SMILES string of the molecule is CCOC(=O)c1ccccc1NC(=O)c1[nH]c2ccc(C)cc2c1C. The Hall–Kier alpha value is -3.08. The lowest BCUT2D eigenvalue weighted by Crippen LogP contribution is -2.17. The van der Waals surface area contributed by atoms with Crippen molar-refractivity contribution in [3.05, 3.63) is 64.8 Å².